The van der Waals surface area contributed by atoms with Crippen LogP contribution >= 0.6 is 0 Å². The molecule has 3 nitrogen and oxygen atoms in total. The lowest BCUT2D eigenvalue weighted by atomic mass is 10.0. The molecule has 6 aromatic carbocycles. The van der Waals surface area contributed by atoms with E-state index in [-0.39, 0.29) is 0 Å². The molecule has 0 saturated carbocycles. The average Bonchev–Trinajstić information content (AvgIpc) is 3.82. The van der Waals surface area contributed by atoms with Crippen molar-refractivity contribution in [1.29, 1.82) is 0 Å². The fourth-order valence-corrected chi connectivity index (χ4v) is 7.92. The highest BCUT2D eigenvalue weighted by atomic mass is 15.0. The maximum absolute atomic E-state index is 2.49. The molecule has 0 aliphatic carbocycles. The van der Waals surface area contributed by atoms with E-state index in [2.05, 4.69) is 141 Å². The van der Waals surface area contributed by atoms with Crippen LogP contribution in [0.25, 0.3) is 92.8 Å². The Labute approximate surface area is 233 Å². The van der Waals surface area contributed by atoms with E-state index in [1.165, 1.54) is 92.8 Å². The summed E-state index contributed by atoms with van der Waals surface area (Å²) in [5, 5.41) is 11.8. The van der Waals surface area contributed by atoms with Crippen LogP contribution in [-0.4, -0.2) is 13.4 Å². The summed E-state index contributed by atoms with van der Waals surface area (Å²) >= 11 is 0. The second-order valence-corrected chi connectivity index (χ2v) is 11.4. The van der Waals surface area contributed by atoms with Crippen molar-refractivity contribution in [3.05, 3.63) is 128 Å². The lowest BCUT2D eigenvalue weighted by Crippen LogP contribution is -1.93. The van der Waals surface area contributed by atoms with E-state index in [1.807, 2.05) is 0 Å². The minimum Gasteiger partial charge on any atom is -0.315 e. The first-order valence-electron chi connectivity index (χ1n) is 14.2. The Kier molecular flexibility index (Phi) is 3.37. The van der Waals surface area contributed by atoms with Crippen LogP contribution in [-0.2, 0) is 0 Å². The van der Waals surface area contributed by atoms with E-state index in [9.17, 15) is 0 Å². The lowest BCUT2D eigenvalue weighted by molar-refractivity contribution is 1.19. The molecule has 0 fully saturated rings. The zero-order valence-electron chi connectivity index (χ0n) is 22.0. The lowest BCUT2D eigenvalue weighted by Gasteiger charge is -2.08. The van der Waals surface area contributed by atoms with Crippen LogP contribution in [0.3, 0.4) is 0 Å². The van der Waals surface area contributed by atoms with Crippen LogP contribution < -0.4 is 0 Å². The third-order valence-electron chi connectivity index (χ3n) is 9.50. The van der Waals surface area contributed by atoms with Crippen molar-refractivity contribution < 1.29 is 0 Å². The molecule has 0 radical (unpaired) electrons. The fourth-order valence-electron chi connectivity index (χ4n) is 7.92. The zero-order chi connectivity index (χ0) is 26.4. The quantitative estimate of drug-likeness (QED) is 0.205. The molecular formula is C38H21N3. The predicted octanol–water partition coefficient (Wildman–Crippen LogP) is 9.93. The van der Waals surface area contributed by atoms with Gasteiger partial charge in [0.2, 0.25) is 0 Å². The van der Waals surface area contributed by atoms with Crippen molar-refractivity contribution in [3.63, 3.8) is 0 Å². The minimum absolute atomic E-state index is 1.19. The number of fused-ring (bicyclic) bond motifs is 13. The molecule has 0 bridgehead atoms. The number of nitrogens with zero attached hydrogens (tertiary/aromatic N) is 3. The van der Waals surface area contributed by atoms with Crippen molar-refractivity contribution in [2.75, 3.05) is 0 Å². The predicted molar refractivity (Wildman–Crippen MR) is 173 cm³/mol. The molecule has 5 aromatic heterocycles. The summed E-state index contributed by atoms with van der Waals surface area (Å²) < 4.78 is 7.34. The van der Waals surface area contributed by atoms with Crippen LogP contribution in [0.5, 0.6) is 0 Å². The van der Waals surface area contributed by atoms with Gasteiger partial charge < -0.3 is 13.4 Å². The zero-order valence-corrected chi connectivity index (χ0v) is 22.0. The highest BCUT2D eigenvalue weighted by Gasteiger charge is 2.23. The molecule has 0 spiro atoms. The second-order valence-electron chi connectivity index (χ2n) is 11.4. The topological polar surface area (TPSA) is 13.8 Å². The Morgan fingerprint density at radius 1 is 0.341 bits per heavy atom. The number of para-hydroxylation sites is 4. The standard InChI is InChI=1S/C38H21N3/c1-2-9-22(10-3-1)40-32-15-6-5-12-24(32)30-19-31-29-21-35-28(20-34(29)39-18-17-27(36(31)39)38(30)40)26-14-8-13-25-23-11-4-7-16-33(23)41(35)37(25)26/h1-21H. The number of hydrogen-bond acceptors (Lipinski definition) is 0. The van der Waals surface area contributed by atoms with Gasteiger partial charge >= 0.3 is 0 Å². The van der Waals surface area contributed by atoms with E-state index >= 15 is 0 Å². The van der Waals surface area contributed by atoms with Gasteiger partial charge in [-0.15, -0.1) is 0 Å². The Morgan fingerprint density at radius 3 is 1.83 bits per heavy atom. The van der Waals surface area contributed by atoms with Gasteiger partial charge in [-0.25, -0.2) is 0 Å². The summed E-state index contributed by atoms with van der Waals surface area (Å²) in [6.07, 6.45) is 2.27. The van der Waals surface area contributed by atoms with E-state index in [0.29, 0.717) is 0 Å². The highest BCUT2D eigenvalue weighted by molar-refractivity contribution is 6.30. The molecule has 11 rings (SSSR count). The summed E-state index contributed by atoms with van der Waals surface area (Å²) in [5.41, 5.74) is 10.2. The van der Waals surface area contributed by atoms with E-state index in [4.69, 9.17) is 0 Å². The largest absolute Gasteiger partial charge is 0.315 e. The Bertz CT molecular complexity index is 2840. The van der Waals surface area contributed by atoms with Crippen molar-refractivity contribution in [2.45, 2.75) is 0 Å². The van der Waals surface area contributed by atoms with E-state index in [0.717, 1.165) is 0 Å². The van der Waals surface area contributed by atoms with Crippen molar-refractivity contribution >= 4 is 87.1 Å². The number of hydrogen-bond donors (Lipinski definition) is 0. The third kappa shape index (κ3) is 2.23. The summed E-state index contributed by atoms with van der Waals surface area (Å²) in [7, 11) is 0. The van der Waals surface area contributed by atoms with Gasteiger partial charge in [0.1, 0.15) is 0 Å². The summed E-state index contributed by atoms with van der Waals surface area (Å²) in [4.78, 5) is 0. The van der Waals surface area contributed by atoms with Crippen molar-refractivity contribution in [2.24, 2.45) is 0 Å². The van der Waals surface area contributed by atoms with Crippen molar-refractivity contribution in [3.8, 4) is 5.69 Å². The maximum atomic E-state index is 2.49. The third-order valence-corrected chi connectivity index (χ3v) is 9.50. The monoisotopic (exact) mass is 519 g/mol. The molecule has 188 valence electrons. The van der Waals surface area contributed by atoms with Gasteiger partial charge in [0.25, 0.3) is 0 Å². The molecule has 3 heteroatoms. The first-order valence-corrected chi connectivity index (χ1v) is 14.2. The van der Waals surface area contributed by atoms with Crippen molar-refractivity contribution in [1.82, 2.24) is 13.4 Å². The number of benzene rings is 6. The smallest absolute Gasteiger partial charge is 0.0635 e. The van der Waals surface area contributed by atoms with Crippen LogP contribution in [0.4, 0.5) is 0 Å². The summed E-state index contributed by atoms with van der Waals surface area (Å²) in [5.74, 6) is 0. The van der Waals surface area contributed by atoms with Gasteiger partial charge in [0.05, 0.1) is 38.6 Å². The van der Waals surface area contributed by atoms with Gasteiger partial charge in [-0.05, 0) is 48.5 Å². The normalized spacial score (nSPS) is 12.9. The van der Waals surface area contributed by atoms with Gasteiger partial charge in [-0.1, -0.05) is 72.8 Å². The molecule has 0 amide bonds. The van der Waals surface area contributed by atoms with Gasteiger partial charge in [-0.3, -0.25) is 0 Å². The number of aromatic nitrogens is 3. The maximum Gasteiger partial charge on any atom is 0.0635 e. The Balaban J connectivity index is 1.37. The van der Waals surface area contributed by atoms with Crippen LogP contribution in [0.2, 0.25) is 0 Å². The summed E-state index contributed by atoms with van der Waals surface area (Å²) in [6, 6.07) is 44.8. The van der Waals surface area contributed by atoms with E-state index < -0.39 is 0 Å². The fraction of sp³-hybridized carbons (Fsp3) is 0. The minimum atomic E-state index is 1.19. The molecule has 41 heavy (non-hydrogen) atoms. The van der Waals surface area contributed by atoms with Gasteiger partial charge in [0, 0.05) is 60.4 Å². The van der Waals surface area contributed by atoms with Crippen LogP contribution in [0.1, 0.15) is 0 Å². The molecule has 5 heterocycles. The molecule has 0 aliphatic rings. The first kappa shape index (κ1) is 20.4. The Morgan fingerprint density at radius 2 is 0.976 bits per heavy atom. The highest BCUT2D eigenvalue weighted by Crippen LogP contribution is 2.45. The van der Waals surface area contributed by atoms with Crippen LogP contribution in [0, 0.1) is 0 Å². The summed E-state index contributed by atoms with van der Waals surface area (Å²) in [6.45, 7) is 0. The van der Waals surface area contributed by atoms with Crippen LogP contribution in [0.15, 0.2) is 128 Å². The molecule has 0 saturated heterocycles. The first-order chi connectivity index (χ1) is 20.4. The SMILES string of the molecule is c1ccc(-n2c3ccccc3c3cc4c5cc6c(cc5n5ccc(c32)c45)c2cccc3c4ccccc4n6c32)cc1. The molecule has 0 aliphatic heterocycles. The van der Waals surface area contributed by atoms with Gasteiger partial charge in [-0.2, -0.15) is 0 Å². The molecule has 11 aromatic rings. The Hall–Kier alpha value is -5.54. The molecule has 0 unspecified atom stereocenters. The van der Waals surface area contributed by atoms with Gasteiger partial charge in [0.15, 0.2) is 0 Å². The average molecular weight is 520 g/mol. The van der Waals surface area contributed by atoms with E-state index in [1.54, 1.807) is 0 Å². The molecule has 0 atom stereocenters. The number of rotatable bonds is 1. The molecule has 0 N–H and O–H groups in total. The molecular weight excluding hydrogens is 498 g/mol. The second kappa shape index (κ2) is 6.78.